The Morgan fingerprint density at radius 1 is 1.21 bits per heavy atom. The number of fused-ring (bicyclic) bond motifs is 1. The van der Waals surface area contributed by atoms with Gasteiger partial charge in [-0.3, -0.25) is 4.99 Å². The van der Waals surface area contributed by atoms with E-state index in [0.29, 0.717) is 19.0 Å². The third kappa shape index (κ3) is 7.57. The number of hydrogen-bond acceptors (Lipinski definition) is 3. The van der Waals surface area contributed by atoms with Crippen molar-refractivity contribution in [1.82, 2.24) is 20.5 Å². The lowest BCUT2D eigenvalue weighted by molar-refractivity contribution is 0.0302. The lowest BCUT2D eigenvalue weighted by Crippen LogP contribution is -2.43. The smallest absolute Gasteiger partial charge is 0.410 e. The van der Waals surface area contributed by atoms with Crippen LogP contribution in [0.1, 0.15) is 26.3 Å². The maximum Gasteiger partial charge on any atom is 0.410 e. The molecular weight excluding hydrogens is 469 g/mol. The summed E-state index contributed by atoms with van der Waals surface area (Å²) >= 11 is 0. The zero-order chi connectivity index (χ0) is 19.9. The molecular formula is C20H32IN5O2. The van der Waals surface area contributed by atoms with Crippen molar-refractivity contribution >= 4 is 46.9 Å². The number of hydrogen-bond donors (Lipinski definition) is 3. The second kappa shape index (κ2) is 11.1. The summed E-state index contributed by atoms with van der Waals surface area (Å²) in [6, 6.07) is 8.28. The summed E-state index contributed by atoms with van der Waals surface area (Å²) in [6.07, 6.45) is 2.62. The SMILES string of the molecule is CN=C(NCCc1c[nH]c2ccccc12)NCCN(C)C(=O)OC(C)(C)C.I. The second-order valence-electron chi connectivity index (χ2n) is 7.44. The highest BCUT2D eigenvalue weighted by molar-refractivity contribution is 14.0. The molecule has 0 aliphatic heterocycles. The predicted molar refractivity (Wildman–Crippen MR) is 126 cm³/mol. The van der Waals surface area contributed by atoms with E-state index in [1.165, 1.54) is 10.9 Å². The molecule has 0 radical (unpaired) electrons. The Hall–Kier alpha value is -1.97. The molecule has 1 amide bonds. The number of nitrogens with zero attached hydrogens (tertiary/aromatic N) is 2. The summed E-state index contributed by atoms with van der Waals surface area (Å²) in [5, 5.41) is 7.77. The molecule has 0 saturated heterocycles. The van der Waals surface area contributed by atoms with Gasteiger partial charge in [-0.1, -0.05) is 18.2 Å². The van der Waals surface area contributed by atoms with Crippen LogP contribution in [0.2, 0.25) is 0 Å². The van der Waals surface area contributed by atoms with E-state index >= 15 is 0 Å². The Kier molecular flexibility index (Phi) is 9.57. The van der Waals surface area contributed by atoms with Gasteiger partial charge in [0.05, 0.1) is 0 Å². The number of rotatable bonds is 6. The number of carbonyl (C=O) groups is 1. The molecule has 8 heteroatoms. The molecule has 0 aliphatic carbocycles. The zero-order valence-corrected chi connectivity index (χ0v) is 19.7. The van der Waals surface area contributed by atoms with E-state index in [0.717, 1.165) is 18.5 Å². The summed E-state index contributed by atoms with van der Waals surface area (Å²) in [4.78, 5) is 21.0. The molecule has 156 valence electrons. The number of guanidine groups is 1. The number of benzene rings is 1. The molecule has 1 aromatic heterocycles. The van der Waals surface area contributed by atoms with E-state index in [1.807, 2.05) is 26.8 Å². The number of aromatic nitrogens is 1. The maximum atomic E-state index is 11.9. The zero-order valence-electron chi connectivity index (χ0n) is 17.3. The topological polar surface area (TPSA) is 81.8 Å². The molecule has 2 rings (SSSR count). The first kappa shape index (κ1) is 24.1. The van der Waals surface area contributed by atoms with Crippen LogP contribution in [0.4, 0.5) is 4.79 Å². The number of aromatic amines is 1. The van der Waals surface area contributed by atoms with Crippen molar-refractivity contribution in [2.45, 2.75) is 32.8 Å². The van der Waals surface area contributed by atoms with Crippen LogP contribution in [0.5, 0.6) is 0 Å². The highest BCUT2D eigenvalue weighted by Gasteiger charge is 2.19. The van der Waals surface area contributed by atoms with E-state index in [9.17, 15) is 4.79 Å². The third-order valence-electron chi connectivity index (χ3n) is 4.03. The summed E-state index contributed by atoms with van der Waals surface area (Å²) in [6.45, 7) is 7.45. The lowest BCUT2D eigenvalue weighted by Gasteiger charge is -2.24. The fourth-order valence-electron chi connectivity index (χ4n) is 2.65. The van der Waals surface area contributed by atoms with Crippen LogP contribution in [-0.4, -0.2) is 61.3 Å². The first-order valence-corrected chi connectivity index (χ1v) is 9.24. The van der Waals surface area contributed by atoms with Crippen molar-refractivity contribution in [2.24, 2.45) is 4.99 Å². The van der Waals surface area contributed by atoms with E-state index in [2.05, 4.69) is 45.0 Å². The van der Waals surface area contributed by atoms with Crippen LogP contribution in [0.3, 0.4) is 0 Å². The van der Waals surface area contributed by atoms with E-state index in [4.69, 9.17) is 4.74 Å². The highest BCUT2D eigenvalue weighted by Crippen LogP contribution is 2.17. The average molecular weight is 501 g/mol. The largest absolute Gasteiger partial charge is 0.444 e. The van der Waals surface area contributed by atoms with Gasteiger partial charge in [0.2, 0.25) is 0 Å². The Balaban J connectivity index is 0.00000392. The standard InChI is InChI=1S/C20H31N5O2.HI/c1-20(2,3)27-19(26)25(5)13-12-23-18(21-4)22-11-10-15-14-24-17-9-7-6-8-16(15)17;/h6-9,14,24H,10-13H2,1-5H3,(H2,21,22,23);1H. The number of nitrogens with one attached hydrogen (secondary N) is 3. The molecule has 1 heterocycles. The normalized spacial score (nSPS) is 11.7. The fraction of sp³-hybridized carbons (Fsp3) is 0.500. The number of likely N-dealkylation sites (N-methyl/N-ethyl adjacent to an activating group) is 1. The van der Waals surface area contributed by atoms with Crippen LogP contribution in [0.25, 0.3) is 10.9 Å². The molecule has 0 bridgehead atoms. The number of aliphatic imine (C=N–C) groups is 1. The molecule has 28 heavy (non-hydrogen) atoms. The monoisotopic (exact) mass is 501 g/mol. The van der Waals surface area contributed by atoms with Crippen LogP contribution < -0.4 is 10.6 Å². The summed E-state index contributed by atoms with van der Waals surface area (Å²) < 4.78 is 5.34. The quantitative estimate of drug-likeness (QED) is 0.322. The molecule has 0 spiro atoms. The summed E-state index contributed by atoms with van der Waals surface area (Å²) in [5.41, 5.74) is 1.94. The van der Waals surface area contributed by atoms with Gasteiger partial charge < -0.3 is 25.3 Å². The van der Waals surface area contributed by atoms with E-state index < -0.39 is 5.60 Å². The molecule has 1 aromatic carbocycles. The molecule has 0 atom stereocenters. The van der Waals surface area contributed by atoms with Crippen LogP contribution in [-0.2, 0) is 11.2 Å². The van der Waals surface area contributed by atoms with Gasteiger partial charge in [-0.25, -0.2) is 4.79 Å². The van der Waals surface area contributed by atoms with E-state index in [-0.39, 0.29) is 30.1 Å². The first-order valence-electron chi connectivity index (χ1n) is 9.24. The van der Waals surface area contributed by atoms with Crippen molar-refractivity contribution in [3.8, 4) is 0 Å². The van der Waals surface area contributed by atoms with Crippen molar-refractivity contribution < 1.29 is 9.53 Å². The molecule has 3 N–H and O–H groups in total. The minimum absolute atomic E-state index is 0. The van der Waals surface area contributed by atoms with Gasteiger partial charge >= 0.3 is 6.09 Å². The fourth-order valence-corrected chi connectivity index (χ4v) is 2.65. The molecule has 0 aliphatic rings. The number of carbonyl (C=O) groups excluding carboxylic acids is 1. The Morgan fingerprint density at radius 2 is 1.89 bits per heavy atom. The van der Waals surface area contributed by atoms with Gasteiger partial charge in [0.25, 0.3) is 0 Å². The van der Waals surface area contributed by atoms with Gasteiger partial charge in [0.15, 0.2) is 5.96 Å². The van der Waals surface area contributed by atoms with E-state index in [1.54, 1.807) is 19.0 Å². The minimum Gasteiger partial charge on any atom is -0.444 e. The Bertz CT molecular complexity index is 782. The Morgan fingerprint density at radius 3 is 2.57 bits per heavy atom. The van der Waals surface area contributed by atoms with Gasteiger partial charge in [0.1, 0.15) is 5.60 Å². The number of ether oxygens (including phenoxy) is 1. The van der Waals surface area contributed by atoms with Gasteiger partial charge in [-0.15, -0.1) is 24.0 Å². The van der Waals surface area contributed by atoms with Gasteiger partial charge in [-0.2, -0.15) is 0 Å². The van der Waals surface area contributed by atoms with Crippen LogP contribution in [0.15, 0.2) is 35.5 Å². The Labute approximate surface area is 184 Å². The molecule has 2 aromatic rings. The molecule has 0 unspecified atom stereocenters. The summed E-state index contributed by atoms with van der Waals surface area (Å²) in [5.74, 6) is 0.715. The number of H-pyrrole nitrogens is 1. The average Bonchev–Trinajstić information content (AvgIpc) is 3.02. The molecule has 0 saturated carbocycles. The number of para-hydroxylation sites is 1. The van der Waals surface area contributed by atoms with Gasteiger partial charge in [-0.05, 0) is 38.8 Å². The first-order chi connectivity index (χ1) is 12.8. The summed E-state index contributed by atoms with van der Waals surface area (Å²) in [7, 11) is 3.46. The molecule has 7 nitrogen and oxygen atoms in total. The van der Waals surface area contributed by atoms with Crippen molar-refractivity contribution in [3.05, 3.63) is 36.0 Å². The van der Waals surface area contributed by atoms with Crippen molar-refractivity contribution in [3.63, 3.8) is 0 Å². The van der Waals surface area contributed by atoms with Crippen LogP contribution >= 0.6 is 24.0 Å². The minimum atomic E-state index is -0.487. The highest BCUT2D eigenvalue weighted by atomic mass is 127. The third-order valence-corrected chi connectivity index (χ3v) is 4.03. The van der Waals surface area contributed by atoms with Crippen molar-refractivity contribution in [1.29, 1.82) is 0 Å². The maximum absolute atomic E-state index is 11.9. The number of halogens is 1. The van der Waals surface area contributed by atoms with Crippen molar-refractivity contribution in [2.75, 3.05) is 33.7 Å². The number of amides is 1. The molecule has 0 fully saturated rings. The lowest BCUT2D eigenvalue weighted by atomic mass is 10.1. The second-order valence-corrected chi connectivity index (χ2v) is 7.44. The van der Waals surface area contributed by atoms with Gasteiger partial charge in [0, 0.05) is 50.8 Å². The predicted octanol–water partition coefficient (Wildman–Crippen LogP) is 3.36. The van der Waals surface area contributed by atoms with Crippen LogP contribution in [0, 0.1) is 0 Å².